The third-order valence-electron chi connectivity index (χ3n) is 6.33. The van der Waals surface area contributed by atoms with Crippen molar-refractivity contribution in [2.45, 2.75) is 59.7 Å². The molecular weight excluding hydrogens is 882 g/mol. The third-order valence-corrected chi connectivity index (χ3v) is 18.5. The molecule has 0 atom stereocenters. The van der Waals surface area contributed by atoms with E-state index in [9.17, 15) is 0 Å². The van der Waals surface area contributed by atoms with Crippen LogP contribution in [0, 0.1) is 0 Å². The summed E-state index contributed by atoms with van der Waals surface area (Å²) < 4.78 is 41.6. The molecule has 0 radical (unpaired) electrons. The van der Waals surface area contributed by atoms with Crippen molar-refractivity contribution in [3.05, 3.63) is 72.9 Å². The molecule has 51 heavy (non-hydrogen) atoms. The van der Waals surface area contributed by atoms with E-state index in [4.69, 9.17) is 102 Å². The molecule has 0 saturated carbocycles. The molecule has 0 aliphatic rings. The number of benzene rings is 2. The summed E-state index contributed by atoms with van der Waals surface area (Å²) in [6.45, 7) is 22.8. The van der Waals surface area contributed by atoms with Crippen molar-refractivity contribution < 1.29 is 35.4 Å². The minimum atomic E-state index is -2.62. The van der Waals surface area contributed by atoms with Gasteiger partial charge in [0.2, 0.25) is 0 Å². The van der Waals surface area contributed by atoms with Crippen molar-refractivity contribution >= 4 is 123 Å². The highest BCUT2D eigenvalue weighted by atomic mass is 35.8. The van der Waals surface area contributed by atoms with Crippen LogP contribution in [0.25, 0.3) is 0 Å². The molecule has 0 bridgehead atoms. The first kappa shape index (κ1) is 58.6. The molecule has 2 aromatic rings. The maximum Gasteiger partial charge on any atom is 0.372 e. The SMILES string of the molecule is C=C[Si](C)(OC)OC.CCO[Si](C)(C)OCC.CO[Si](C)(C)OC.CO[Si](C)(OC)c1ccccc1.C[Si](Cl)(Cl)Cl.Cl[Si](Cl)(Cl)c1ccccc1. The average Bonchev–Trinajstić information content (AvgIpc) is 3.08. The quantitative estimate of drug-likeness (QED) is 0.145. The maximum absolute atomic E-state index is 5.73. The molecule has 0 unspecified atom stereocenters. The maximum atomic E-state index is 5.73. The first-order valence-electron chi connectivity index (χ1n) is 15.7. The molecule has 0 spiro atoms. The topological polar surface area (TPSA) is 73.8 Å². The van der Waals surface area contributed by atoms with Gasteiger partial charge in [0.25, 0.3) is 0 Å². The Morgan fingerprint density at radius 1 is 0.510 bits per heavy atom. The number of hydrogen-bond donors (Lipinski definition) is 0. The Balaban J connectivity index is -0.000000265. The van der Waals surface area contributed by atoms with Gasteiger partial charge in [-0.15, -0.1) is 73.1 Å². The lowest BCUT2D eigenvalue weighted by Gasteiger charge is -2.22. The van der Waals surface area contributed by atoms with Gasteiger partial charge in [0.1, 0.15) is 0 Å². The van der Waals surface area contributed by atoms with Gasteiger partial charge in [-0.25, -0.2) is 0 Å². The lowest BCUT2D eigenvalue weighted by molar-refractivity contribution is 0.196. The normalized spacial score (nSPS) is 11.7. The largest absolute Gasteiger partial charge is 0.398 e. The third kappa shape index (κ3) is 36.3. The highest BCUT2D eigenvalue weighted by Crippen LogP contribution is 2.19. The summed E-state index contributed by atoms with van der Waals surface area (Å²) in [7, 11) is 2.68. The fourth-order valence-corrected chi connectivity index (χ4v) is 8.04. The molecule has 0 fully saturated rings. The lowest BCUT2D eigenvalue weighted by atomic mass is 10.4. The second-order valence-electron chi connectivity index (χ2n) is 11.1. The second kappa shape index (κ2) is 31.0. The van der Waals surface area contributed by atoms with Crippen LogP contribution in [-0.4, -0.2) is 102 Å². The van der Waals surface area contributed by atoms with Gasteiger partial charge >= 0.3 is 46.3 Å². The predicted molar refractivity (Wildman–Crippen MR) is 238 cm³/mol. The summed E-state index contributed by atoms with van der Waals surface area (Å²) in [6, 6.07) is 14.6. The van der Waals surface area contributed by atoms with Crippen molar-refractivity contribution in [1.82, 2.24) is 0 Å². The van der Waals surface area contributed by atoms with E-state index >= 15 is 0 Å². The highest BCUT2D eigenvalue weighted by Gasteiger charge is 2.31. The number of rotatable bonds is 13. The molecule has 20 heteroatoms. The fraction of sp³-hybridized carbons (Fsp3) is 0.548. The van der Waals surface area contributed by atoms with Crippen molar-refractivity contribution in [2.24, 2.45) is 0 Å². The molecule has 0 heterocycles. The molecule has 300 valence electrons. The van der Waals surface area contributed by atoms with Gasteiger partial charge in [-0.1, -0.05) is 60.7 Å². The van der Waals surface area contributed by atoms with Crippen LogP contribution < -0.4 is 10.4 Å². The van der Waals surface area contributed by atoms with Crippen LogP contribution in [-0.2, 0) is 35.4 Å². The zero-order valence-corrected chi connectivity index (χ0v) is 43.5. The lowest BCUT2D eigenvalue weighted by Crippen LogP contribution is -2.49. The fourth-order valence-electron chi connectivity index (χ4n) is 2.76. The van der Waals surface area contributed by atoms with Crippen LogP contribution in [0.2, 0.25) is 45.8 Å². The Bertz CT molecular complexity index is 1080. The van der Waals surface area contributed by atoms with Crippen LogP contribution in [0.1, 0.15) is 13.8 Å². The Morgan fingerprint density at radius 2 is 0.824 bits per heavy atom. The molecular formula is C31H62Cl6O8Si6. The van der Waals surface area contributed by atoms with Gasteiger partial charge in [-0.3, -0.25) is 0 Å². The van der Waals surface area contributed by atoms with Gasteiger partial charge in [-0.2, -0.15) is 0 Å². The molecule has 8 nitrogen and oxygen atoms in total. The van der Waals surface area contributed by atoms with E-state index in [0.29, 0.717) is 0 Å². The van der Waals surface area contributed by atoms with E-state index in [0.717, 1.165) is 23.6 Å². The van der Waals surface area contributed by atoms with Crippen molar-refractivity contribution in [3.63, 3.8) is 0 Å². The van der Waals surface area contributed by atoms with E-state index in [1.807, 2.05) is 101 Å². The van der Waals surface area contributed by atoms with Crippen molar-refractivity contribution in [2.75, 3.05) is 55.9 Å². The van der Waals surface area contributed by atoms with E-state index in [1.54, 1.807) is 54.9 Å². The van der Waals surface area contributed by atoms with Crippen molar-refractivity contribution in [1.29, 1.82) is 0 Å². The first-order chi connectivity index (χ1) is 23.3. The van der Waals surface area contributed by atoms with Crippen molar-refractivity contribution in [3.8, 4) is 0 Å². The first-order valence-corrected chi connectivity index (χ1v) is 36.6. The summed E-state index contributed by atoms with van der Waals surface area (Å²) in [4.78, 5) is 0. The number of hydrogen-bond acceptors (Lipinski definition) is 8. The van der Waals surface area contributed by atoms with Crippen LogP contribution in [0.4, 0.5) is 0 Å². The highest BCUT2D eigenvalue weighted by molar-refractivity contribution is 7.69. The Labute approximate surface area is 344 Å². The molecule has 2 rings (SSSR count). The Morgan fingerprint density at radius 3 is 0.980 bits per heavy atom. The molecule has 0 aliphatic heterocycles. The van der Waals surface area contributed by atoms with E-state index in [-0.39, 0.29) is 0 Å². The summed E-state index contributed by atoms with van der Waals surface area (Å²) >= 11 is 32.8. The van der Waals surface area contributed by atoms with E-state index < -0.39 is 46.3 Å². The summed E-state index contributed by atoms with van der Waals surface area (Å²) in [5, 5.41) is 2.00. The molecule has 2 aromatic carbocycles. The summed E-state index contributed by atoms with van der Waals surface area (Å²) in [5.41, 5.74) is 1.74. The number of halogens is 6. The van der Waals surface area contributed by atoms with Gasteiger partial charge < -0.3 is 35.4 Å². The molecule has 0 N–H and O–H groups in total. The molecule has 0 aromatic heterocycles. The minimum absolute atomic E-state index is 0.763. The molecule has 0 aliphatic carbocycles. The Kier molecular flexibility index (Phi) is 35.7. The van der Waals surface area contributed by atoms with Crippen LogP contribution >= 0.6 is 66.5 Å². The van der Waals surface area contributed by atoms with E-state index in [1.165, 1.54) is 0 Å². The standard InChI is InChI=1S/C9H14O2Si.C6H5Cl3Si.C6H16O2Si.C5H12O2Si.C4H12O2Si.CH3Cl3Si/c1-10-12(3,11-2)9-7-5-4-6-8-9;7-10(8,9)6-4-2-1-3-5-6;1-5-7-9(3,4)8-6-2;1-5-8(4,6-2)7-3;1-5-7(3,4)6-2;1-5(2,3)4/h4-8H,1-3H3;1-5H;5-6H2,1-4H3;5H,1H2,2-4H3;1-4H3;1H3. The van der Waals surface area contributed by atoms with Gasteiger partial charge in [0.15, 0.2) is 0 Å². The zero-order chi connectivity index (χ0) is 41.0. The van der Waals surface area contributed by atoms with Gasteiger partial charge in [0.05, 0.1) is 0 Å². The monoisotopic (exact) mass is 940 g/mol. The molecule has 0 amide bonds. The predicted octanol–water partition coefficient (Wildman–Crippen LogP) is 9.90. The summed E-state index contributed by atoms with van der Waals surface area (Å²) in [5.74, 6) is 0. The minimum Gasteiger partial charge on any atom is -0.398 e. The second-order valence-corrected chi connectivity index (χ2v) is 43.1. The average molecular weight is 944 g/mol. The molecule has 0 saturated heterocycles. The zero-order valence-electron chi connectivity index (χ0n) is 33.0. The van der Waals surface area contributed by atoms with Crippen LogP contribution in [0.5, 0.6) is 0 Å². The summed E-state index contributed by atoms with van der Waals surface area (Å²) in [6.07, 6.45) is 0. The van der Waals surface area contributed by atoms with Gasteiger partial charge in [0, 0.05) is 55.9 Å². The smallest absolute Gasteiger partial charge is 0.372 e. The van der Waals surface area contributed by atoms with Crippen LogP contribution in [0.3, 0.4) is 0 Å². The van der Waals surface area contributed by atoms with Gasteiger partial charge in [-0.05, 0) is 75.7 Å². The Hall–Kier alpha value is 0.901. The van der Waals surface area contributed by atoms with Crippen LogP contribution in [0.15, 0.2) is 72.9 Å². The van der Waals surface area contributed by atoms with E-state index in [2.05, 4.69) is 19.7 Å².